The molecule has 0 saturated heterocycles. The van der Waals surface area contributed by atoms with Gasteiger partial charge in [0.2, 0.25) is 5.91 Å². The Morgan fingerprint density at radius 1 is 0.897 bits per heavy atom. The first-order chi connectivity index (χ1) is 18.8. The fourth-order valence-electron chi connectivity index (χ4n) is 4.51. The molecule has 39 heavy (non-hydrogen) atoms. The van der Waals surface area contributed by atoms with Gasteiger partial charge in [0.05, 0.1) is 24.0 Å². The number of anilines is 1. The summed E-state index contributed by atoms with van der Waals surface area (Å²) in [6, 6.07) is 18.1. The Bertz CT molecular complexity index is 1200. The first kappa shape index (κ1) is 30.3. The van der Waals surface area contributed by atoms with Crippen molar-refractivity contribution in [2.24, 2.45) is 0 Å². The Labute approximate surface area is 240 Å². The number of unbranched alkanes of at least 4 members (excludes halogenated alkanes) is 5. The van der Waals surface area contributed by atoms with Gasteiger partial charge in [0, 0.05) is 34.4 Å². The normalized spacial score (nSPS) is 12.4. The summed E-state index contributed by atoms with van der Waals surface area (Å²) in [5, 5.41) is 18.7. The molecule has 3 aromatic carbocycles. The molecule has 0 aliphatic rings. The highest BCUT2D eigenvalue weighted by atomic mass is 35.5. The number of nitro benzene ring substituents is 1. The van der Waals surface area contributed by atoms with Crippen LogP contribution in [-0.4, -0.2) is 24.5 Å². The maximum Gasteiger partial charge on any atom is 0.269 e. The predicted octanol–water partition coefficient (Wildman–Crippen LogP) is 8.32. The third-order valence-corrected chi connectivity index (χ3v) is 7.00. The van der Waals surface area contributed by atoms with Crippen LogP contribution in [0.4, 0.5) is 11.4 Å². The van der Waals surface area contributed by atoms with E-state index in [1.807, 2.05) is 24.3 Å². The van der Waals surface area contributed by atoms with Gasteiger partial charge in [-0.3, -0.25) is 14.9 Å². The number of rotatable bonds is 15. The molecular formula is C30H35Cl2N3O4. The molecule has 0 aromatic heterocycles. The maximum atomic E-state index is 13.8. The van der Waals surface area contributed by atoms with Crippen LogP contribution in [0.3, 0.4) is 0 Å². The molecule has 0 aliphatic carbocycles. The van der Waals surface area contributed by atoms with Gasteiger partial charge in [0.15, 0.2) is 0 Å². The van der Waals surface area contributed by atoms with Crippen LogP contribution in [0.1, 0.15) is 68.5 Å². The Morgan fingerprint density at radius 3 is 2.08 bits per heavy atom. The van der Waals surface area contributed by atoms with Crippen LogP contribution in [-0.2, 0) is 4.79 Å². The number of carbonyl (C=O) groups is 1. The number of carbonyl (C=O) groups excluding carboxylic acids is 1. The van der Waals surface area contributed by atoms with Crippen molar-refractivity contribution in [1.29, 1.82) is 0 Å². The molecule has 0 saturated carbocycles. The average Bonchev–Trinajstić information content (AvgIpc) is 2.92. The SMILES string of the molecule is CCCCCCCCNC(=O)[C@H](c1ccc(OC)cc1)[C@H](Nc1cc(Cl)cc(Cl)c1)c1ccc([N+](=O)[O-])cc1. The smallest absolute Gasteiger partial charge is 0.269 e. The number of hydrogen-bond acceptors (Lipinski definition) is 5. The molecule has 208 valence electrons. The highest BCUT2D eigenvalue weighted by molar-refractivity contribution is 6.35. The molecule has 0 heterocycles. The molecule has 7 nitrogen and oxygen atoms in total. The summed E-state index contributed by atoms with van der Waals surface area (Å²) in [4.78, 5) is 24.6. The second-order valence-corrected chi connectivity index (χ2v) is 10.3. The Kier molecular flexibility index (Phi) is 11.9. The van der Waals surface area contributed by atoms with Crippen molar-refractivity contribution >= 4 is 40.5 Å². The molecule has 1 amide bonds. The van der Waals surface area contributed by atoms with Crippen molar-refractivity contribution in [2.75, 3.05) is 19.0 Å². The molecule has 0 bridgehead atoms. The van der Waals surface area contributed by atoms with E-state index in [-0.39, 0.29) is 11.6 Å². The van der Waals surface area contributed by atoms with E-state index in [0.29, 0.717) is 33.6 Å². The number of nitro groups is 1. The van der Waals surface area contributed by atoms with Crippen molar-refractivity contribution in [3.63, 3.8) is 0 Å². The number of amides is 1. The molecule has 0 unspecified atom stereocenters. The van der Waals surface area contributed by atoms with E-state index < -0.39 is 16.9 Å². The molecule has 0 radical (unpaired) electrons. The number of methoxy groups -OCH3 is 1. The van der Waals surface area contributed by atoms with Crippen LogP contribution in [0.15, 0.2) is 66.7 Å². The van der Waals surface area contributed by atoms with E-state index in [4.69, 9.17) is 27.9 Å². The second kappa shape index (κ2) is 15.3. The van der Waals surface area contributed by atoms with Gasteiger partial charge in [-0.05, 0) is 47.9 Å². The summed E-state index contributed by atoms with van der Waals surface area (Å²) < 4.78 is 5.32. The zero-order valence-electron chi connectivity index (χ0n) is 22.3. The topological polar surface area (TPSA) is 93.5 Å². The van der Waals surface area contributed by atoms with Gasteiger partial charge >= 0.3 is 0 Å². The molecule has 0 fully saturated rings. The predicted molar refractivity (Wildman–Crippen MR) is 158 cm³/mol. The number of hydrogen-bond donors (Lipinski definition) is 2. The number of ether oxygens (including phenoxy) is 1. The molecule has 2 atom stereocenters. The van der Waals surface area contributed by atoms with E-state index in [2.05, 4.69) is 17.6 Å². The first-order valence-electron chi connectivity index (χ1n) is 13.2. The second-order valence-electron chi connectivity index (χ2n) is 9.44. The Balaban J connectivity index is 1.96. The lowest BCUT2D eigenvalue weighted by atomic mass is 9.85. The summed E-state index contributed by atoms with van der Waals surface area (Å²) in [5.74, 6) is -0.153. The minimum Gasteiger partial charge on any atom is -0.497 e. The fraction of sp³-hybridized carbons (Fsp3) is 0.367. The van der Waals surface area contributed by atoms with Crippen LogP contribution in [0.2, 0.25) is 10.0 Å². The van der Waals surface area contributed by atoms with E-state index in [1.54, 1.807) is 37.4 Å². The van der Waals surface area contributed by atoms with Gasteiger partial charge in [-0.1, -0.05) is 86.5 Å². The third kappa shape index (κ3) is 9.15. The quantitative estimate of drug-likeness (QED) is 0.109. The standard InChI is InChI=1S/C30H35Cl2N3O4/c1-3-4-5-6-7-8-17-33-30(36)28(21-11-15-27(39-2)16-12-21)29(22-9-13-26(14-10-22)35(37)38)34-25-19-23(31)18-24(32)20-25/h9-16,18-20,28-29,34H,3-8,17H2,1-2H3,(H,33,36)/t28-,29-/m1/s1. The fourth-order valence-corrected chi connectivity index (χ4v) is 5.04. The zero-order valence-corrected chi connectivity index (χ0v) is 23.8. The van der Waals surface area contributed by atoms with Gasteiger partial charge in [-0.15, -0.1) is 0 Å². The first-order valence-corrected chi connectivity index (χ1v) is 14.0. The summed E-state index contributed by atoms with van der Waals surface area (Å²) in [6.07, 6.45) is 6.71. The number of halogens is 2. The van der Waals surface area contributed by atoms with E-state index >= 15 is 0 Å². The largest absolute Gasteiger partial charge is 0.497 e. The van der Waals surface area contributed by atoms with Gasteiger partial charge in [-0.25, -0.2) is 0 Å². The summed E-state index contributed by atoms with van der Waals surface area (Å²) in [5.41, 5.74) is 2.06. The lowest BCUT2D eigenvalue weighted by Gasteiger charge is -2.29. The van der Waals surface area contributed by atoms with Crippen LogP contribution in [0, 0.1) is 10.1 Å². The van der Waals surface area contributed by atoms with Gasteiger partial charge in [0.25, 0.3) is 5.69 Å². The molecule has 0 spiro atoms. The lowest BCUT2D eigenvalue weighted by molar-refractivity contribution is -0.384. The van der Waals surface area contributed by atoms with Crippen LogP contribution < -0.4 is 15.4 Å². The molecule has 2 N–H and O–H groups in total. The molecule has 0 aliphatic heterocycles. The van der Waals surface area contributed by atoms with Crippen LogP contribution in [0.25, 0.3) is 0 Å². The molecule has 3 rings (SSSR count). The van der Waals surface area contributed by atoms with Gasteiger partial charge < -0.3 is 15.4 Å². The van der Waals surface area contributed by atoms with Crippen molar-refractivity contribution in [2.45, 2.75) is 57.4 Å². The van der Waals surface area contributed by atoms with Crippen molar-refractivity contribution in [3.8, 4) is 5.75 Å². The van der Waals surface area contributed by atoms with Gasteiger partial charge in [0.1, 0.15) is 5.75 Å². The maximum absolute atomic E-state index is 13.8. The van der Waals surface area contributed by atoms with Gasteiger partial charge in [-0.2, -0.15) is 0 Å². The Hall–Kier alpha value is -3.29. The third-order valence-electron chi connectivity index (χ3n) is 6.57. The molecular weight excluding hydrogens is 537 g/mol. The highest BCUT2D eigenvalue weighted by Crippen LogP contribution is 2.37. The summed E-state index contributed by atoms with van der Waals surface area (Å²) in [7, 11) is 1.59. The minimum atomic E-state index is -0.671. The van der Waals surface area contributed by atoms with E-state index in [9.17, 15) is 14.9 Å². The monoisotopic (exact) mass is 571 g/mol. The number of nitrogens with one attached hydrogen (secondary N) is 2. The molecule has 9 heteroatoms. The number of nitrogens with zero attached hydrogens (tertiary/aromatic N) is 1. The Morgan fingerprint density at radius 2 is 1.49 bits per heavy atom. The zero-order chi connectivity index (χ0) is 28.2. The number of benzene rings is 3. The minimum absolute atomic E-state index is 0.0307. The van der Waals surface area contributed by atoms with Crippen molar-refractivity contribution in [1.82, 2.24) is 5.32 Å². The van der Waals surface area contributed by atoms with Crippen LogP contribution >= 0.6 is 23.2 Å². The summed E-state index contributed by atoms with van der Waals surface area (Å²) >= 11 is 12.5. The highest BCUT2D eigenvalue weighted by Gasteiger charge is 2.32. The number of non-ortho nitro benzene ring substituents is 1. The van der Waals surface area contributed by atoms with Crippen LogP contribution in [0.5, 0.6) is 5.75 Å². The van der Waals surface area contributed by atoms with Crippen molar-refractivity contribution < 1.29 is 14.5 Å². The van der Waals surface area contributed by atoms with E-state index in [0.717, 1.165) is 24.8 Å². The van der Waals surface area contributed by atoms with E-state index in [1.165, 1.54) is 31.4 Å². The lowest BCUT2D eigenvalue weighted by Crippen LogP contribution is -2.36. The van der Waals surface area contributed by atoms with Crippen molar-refractivity contribution in [3.05, 3.63) is 98.0 Å². The average molecular weight is 573 g/mol. The molecule has 3 aromatic rings. The summed E-state index contributed by atoms with van der Waals surface area (Å²) in [6.45, 7) is 2.75.